The third-order valence-electron chi connectivity index (χ3n) is 3.92. The van der Waals surface area contributed by atoms with Gasteiger partial charge < -0.3 is 9.84 Å². The Hall–Kier alpha value is -0.0800. The lowest BCUT2D eigenvalue weighted by atomic mass is 9.80. The van der Waals surface area contributed by atoms with Gasteiger partial charge in [-0.2, -0.15) is 0 Å². The van der Waals surface area contributed by atoms with Gasteiger partial charge in [0, 0.05) is 5.92 Å². The highest BCUT2D eigenvalue weighted by molar-refractivity contribution is 4.93. The smallest absolute Gasteiger partial charge is 0.0633 e. The summed E-state index contributed by atoms with van der Waals surface area (Å²) in [6.45, 7) is 4.35. The molecule has 0 spiro atoms. The molecule has 1 N–H and O–H groups in total. The first-order valence-electron chi connectivity index (χ1n) is 6.06. The Morgan fingerprint density at radius 1 is 1.43 bits per heavy atom. The highest BCUT2D eigenvalue weighted by Gasteiger charge is 2.44. The first-order valence-corrected chi connectivity index (χ1v) is 6.06. The van der Waals surface area contributed by atoms with Crippen molar-refractivity contribution in [1.82, 2.24) is 0 Å². The summed E-state index contributed by atoms with van der Waals surface area (Å²) in [5, 5.41) is 10.2. The number of aliphatic hydroxyl groups excluding tert-OH is 1. The Kier molecular flexibility index (Phi) is 3.13. The average Bonchev–Trinajstić information content (AvgIpc) is 2.77. The van der Waals surface area contributed by atoms with Crippen molar-refractivity contribution >= 4 is 0 Å². The summed E-state index contributed by atoms with van der Waals surface area (Å²) >= 11 is 0. The van der Waals surface area contributed by atoms with Crippen molar-refractivity contribution in [3.8, 4) is 0 Å². The maximum absolute atomic E-state index is 10.2. The summed E-state index contributed by atoms with van der Waals surface area (Å²) in [5.74, 6) is 0.864. The van der Waals surface area contributed by atoms with Gasteiger partial charge in [0.15, 0.2) is 0 Å². The topological polar surface area (TPSA) is 29.5 Å². The van der Waals surface area contributed by atoms with Crippen molar-refractivity contribution in [3.63, 3.8) is 0 Å². The monoisotopic (exact) mass is 198 g/mol. The molecular formula is C12H22O2. The van der Waals surface area contributed by atoms with Gasteiger partial charge >= 0.3 is 0 Å². The van der Waals surface area contributed by atoms with Crippen molar-refractivity contribution in [1.29, 1.82) is 0 Å². The Bertz CT molecular complexity index is 193. The van der Waals surface area contributed by atoms with E-state index in [1.54, 1.807) is 0 Å². The van der Waals surface area contributed by atoms with Crippen LogP contribution in [0.15, 0.2) is 0 Å². The number of hydrogen-bond acceptors (Lipinski definition) is 2. The fourth-order valence-corrected chi connectivity index (χ4v) is 3.08. The molecule has 0 aliphatic carbocycles. The average molecular weight is 198 g/mol. The van der Waals surface area contributed by atoms with E-state index in [0.29, 0.717) is 24.0 Å². The van der Waals surface area contributed by atoms with E-state index in [2.05, 4.69) is 13.8 Å². The molecule has 2 heterocycles. The van der Waals surface area contributed by atoms with Gasteiger partial charge in [0.2, 0.25) is 0 Å². The first-order chi connectivity index (χ1) is 6.72. The van der Waals surface area contributed by atoms with Crippen LogP contribution in [0.25, 0.3) is 0 Å². The summed E-state index contributed by atoms with van der Waals surface area (Å²) in [5.41, 5.74) is 0. The number of rotatable bonds is 4. The molecule has 0 radical (unpaired) electrons. The number of hydrogen-bond donors (Lipinski definition) is 1. The standard InChI is InChI=1S/C12H22O2/c1-3-4-8(2)12(13)10-7-9-5-6-11(10)14-9/h8-13H,3-7H2,1-2H3. The van der Waals surface area contributed by atoms with Gasteiger partial charge in [0.1, 0.15) is 0 Å². The van der Waals surface area contributed by atoms with Crippen molar-refractivity contribution in [2.75, 3.05) is 0 Å². The molecule has 5 unspecified atom stereocenters. The zero-order valence-corrected chi connectivity index (χ0v) is 9.28. The Labute approximate surface area is 86.6 Å². The molecule has 2 nitrogen and oxygen atoms in total. The van der Waals surface area contributed by atoms with E-state index in [9.17, 15) is 5.11 Å². The summed E-state index contributed by atoms with van der Waals surface area (Å²) < 4.78 is 5.77. The minimum Gasteiger partial charge on any atom is -0.392 e. The molecule has 2 rings (SSSR count). The summed E-state index contributed by atoms with van der Waals surface area (Å²) in [6.07, 6.45) is 6.49. The highest BCUT2D eigenvalue weighted by atomic mass is 16.5. The van der Waals surface area contributed by atoms with Gasteiger partial charge in [-0.15, -0.1) is 0 Å². The van der Waals surface area contributed by atoms with Gasteiger partial charge in [0.05, 0.1) is 18.3 Å². The summed E-state index contributed by atoms with van der Waals surface area (Å²) in [7, 11) is 0. The van der Waals surface area contributed by atoms with Crippen LogP contribution in [0.3, 0.4) is 0 Å². The molecular weight excluding hydrogens is 176 g/mol. The van der Waals surface area contributed by atoms with Crippen molar-refractivity contribution in [2.24, 2.45) is 11.8 Å². The van der Waals surface area contributed by atoms with E-state index in [1.165, 1.54) is 19.3 Å². The molecule has 0 aromatic rings. The minimum absolute atomic E-state index is 0.134. The lowest BCUT2D eigenvalue weighted by molar-refractivity contribution is 0.0126. The van der Waals surface area contributed by atoms with E-state index in [0.717, 1.165) is 12.8 Å². The van der Waals surface area contributed by atoms with Crippen molar-refractivity contribution in [2.45, 2.75) is 64.3 Å². The van der Waals surface area contributed by atoms with E-state index >= 15 is 0 Å². The van der Waals surface area contributed by atoms with Crippen molar-refractivity contribution < 1.29 is 9.84 Å². The normalized spacial score (nSPS) is 40.1. The van der Waals surface area contributed by atoms with Gasteiger partial charge in [-0.05, 0) is 31.6 Å². The van der Waals surface area contributed by atoms with Gasteiger partial charge in [-0.1, -0.05) is 20.3 Å². The molecule has 0 amide bonds. The SMILES string of the molecule is CCCC(C)C(O)C1CC2CCC1O2. The van der Waals surface area contributed by atoms with Crippen LogP contribution in [0.4, 0.5) is 0 Å². The van der Waals surface area contributed by atoms with Crippen LogP contribution >= 0.6 is 0 Å². The molecule has 2 aliphatic rings. The second-order valence-corrected chi connectivity index (χ2v) is 5.03. The van der Waals surface area contributed by atoms with Gasteiger partial charge in [-0.25, -0.2) is 0 Å². The predicted octanol–water partition coefficient (Wildman–Crippen LogP) is 2.35. The quantitative estimate of drug-likeness (QED) is 0.751. The Morgan fingerprint density at radius 3 is 2.71 bits per heavy atom. The third kappa shape index (κ3) is 1.82. The lowest BCUT2D eigenvalue weighted by Gasteiger charge is -2.28. The molecule has 2 fully saturated rings. The van der Waals surface area contributed by atoms with Crippen LogP contribution in [0.1, 0.15) is 46.0 Å². The van der Waals surface area contributed by atoms with Crippen LogP contribution in [-0.4, -0.2) is 23.4 Å². The summed E-state index contributed by atoms with van der Waals surface area (Å²) in [4.78, 5) is 0. The molecule has 2 bridgehead atoms. The first kappa shape index (κ1) is 10.4. The predicted molar refractivity (Wildman–Crippen MR) is 56.1 cm³/mol. The van der Waals surface area contributed by atoms with Crippen LogP contribution < -0.4 is 0 Å². The molecule has 2 saturated heterocycles. The molecule has 2 heteroatoms. The van der Waals surface area contributed by atoms with Gasteiger partial charge in [0.25, 0.3) is 0 Å². The van der Waals surface area contributed by atoms with Crippen LogP contribution in [0.2, 0.25) is 0 Å². The third-order valence-corrected chi connectivity index (χ3v) is 3.92. The Balaban J connectivity index is 1.89. The number of aliphatic hydroxyl groups is 1. The maximum Gasteiger partial charge on any atom is 0.0633 e. The Morgan fingerprint density at radius 2 is 2.21 bits per heavy atom. The molecule has 0 aromatic heterocycles. The molecule has 2 aliphatic heterocycles. The zero-order chi connectivity index (χ0) is 10.1. The zero-order valence-electron chi connectivity index (χ0n) is 9.28. The van der Waals surface area contributed by atoms with Crippen LogP contribution in [0.5, 0.6) is 0 Å². The number of ether oxygens (including phenoxy) is 1. The van der Waals surface area contributed by atoms with Crippen LogP contribution in [0, 0.1) is 11.8 Å². The van der Waals surface area contributed by atoms with Gasteiger partial charge in [-0.3, -0.25) is 0 Å². The fourth-order valence-electron chi connectivity index (χ4n) is 3.08. The van der Waals surface area contributed by atoms with E-state index in [1.807, 2.05) is 0 Å². The molecule has 14 heavy (non-hydrogen) atoms. The fraction of sp³-hybridized carbons (Fsp3) is 1.00. The minimum atomic E-state index is -0.134. The number of fused-ring (bicyclic) bond motifs is 2. The van der Waals surface area contributed by atoms with E-state index in [-0.39, 0.29) is 6.10 Å². The summed E-state index contributed by atoms with van der Waals surface area (Å²) in [6, 6.07) is 0. The maximum atomic E-state index is 10.2. The molecule has 5 atom stereocenters. The largest absolute Gasteiger partial charge is 0.392 e. The second-order valence-electron chi connectivity index (χ2n) is 5.03. The molecule has 82 valence electrons. The van der Waals surface area contributed by atoms with E-state index in [4.69, 9.17) is 4.74 Å². The van der Waals surface area contributed by atoms with Crippen molar-refractivity contribution in [3.05, 3.63) is 0 Å². The lowest BCUT2D eigenvalue weighted by Crippen LogP contribution is -2.34. The van der Waals surface area contributed by atoms with Crippen LogP contribution in [-0.2, 0) is 4.74 Å². The van der Waals surface area contributed by atoms with E-state index < -0.39 is 0 Å². The highest BCUT2D eigenvalue weighted by Crippen LogP contribution is 2.42. The molecule has 0 aromatic carbocycles. The molecule has 0 saturated carbocycles. The second kappa shape index (κ2) is 4.19.